The quantitative estimate of drug-likeness (QED) is 0.615. The highest BCUT2D eigenvalue weighted by Crippen LogP contribution is 2.32. The summed E-state index contributed by atoms with van der Waals surface area (Å²) in [6.45, 7) is 8.79. The minimum absolute atomic E-state index is 0.00855. The van der Waals surface area contributed by atoms with Crippen molar-refractivity contribution in [1.82, 2.24) is 14.9 Å². The van der Waals surface area contributed by atoms with Crippen LogP contribution in [0.25, 0.3) is 10.8 Å². The summed E-state index contributed by atoms with van der Waals surface area (Å²) in [6.07, 6.45) is 1.84. The van der Waals surface area contributed by atoms with Gasteiger partial charge in [0.2, 0.25) is 5.91 Å². The Morgan fingerprint density at radius 3 is 2.29 bits per heavy atom. The van der Waals surface area contributed by atoms with Crippen molar-refractivity contribution in [3.05, 3.63) is 59.5 Å². The fourth-order valence-electron chi connectivity index (χ4n) is 4.40. The van der Waals surface area contributed by atoms with Crippen molar-refractivity contribution >= 4 is 34.1 Å². The molecule has 1 aliphatic carbocycles. The molecule has 1 saturated heterocycles. The molecule has 3 aromatic rings. The maximum Gasteiger partial charge on any atom is 0.256 e. The first kappa shape index (κ1) is 22.3. The second-order valence-corrected chi connectivity index (χ2v) is 9.67. The molecule has 0 radical (unpaired) electrons. The zero-order valence-corrected chi connectivity index (χ0v) is 20.0. The molecule has 0 spiro atoms. The first-order chi connectivity index (χ1) is 16.4. The summed E-state index contributed by atoms with van der Waals surface area (Å²) in [5.74, 6) is 2.07. The number of amides is 2. The number of anilines is 2. The SMILES string of the molecule is Cc1cc(N2CCN(C(=O)c3cc4ccccc4cc3NC(=O)C3CC3)CC2)nc(C(C)C)n1. The predicted molar refractivity (Wildman–Crippen MR) is 134 cm³/mol. The van der Waals surface area contributed by atoms with E-state index in [9.17, 15) is 9.59 Å². The number of aromatic nitrogens is 2. The Morgan fingerprint density at radius 1 is 0.971 bits per heavy atom. The lowest BCUT2D eigenvalue weighted by atomic mass is 10.0. The Kier molecular flexibility index (Phi) is 5.94. The summed E-state index contributed by atoms with van der Waals surface area (Å²) >= 11 is 0. The smallest absolute Gasteiger partial charge is 0.256 e. The van der Waals surface area contributed by atoms with Gasteiger partial charge in [0.1, 0.15) is 11.6 Å². The highest BCUT2D eigenvalue weighted by molar-refractivity contribution is 6.08. The zero-order chi connectivity index (χ0) is 23.8. The second-order valence-electron chi connectivity index (χ2n) is 9.67. The minimum Gasteiger partial charge on any atom is -0.353 e. The molecule has 2 fully saturated rings. The molecule has 2 amide bonds. The second kappa shape index (κ2) is 9.05. The van der Waals surface area contributed by atoms with E-state index in [1.807, 2.05) is 54.3 Å². The van der Waals surface area contributed by atoms with E-state index in [1.165, 1.54) is 0 Å². The Balaban J connectivity index is 1.36. The fraction of sp³-hybridized carbons (Fsp3) is 0.407. The Hall–Kier alpha value is -3.48. The summed E-state index contributed by atoms with van der Waals surface area (Å²) in [7, 11) is 0. The average Bonchev–Trinajstić information content (AvgIpc) is 3.69. The number of hydrogen-bond acceptors (Lipinski definition) is 5. The van der Waals surface area contributed by atoms with Crippen molar-refractivity contribution in [2.24, 2.45) is 5.92 Å². The lowest BCUT2D eigenvalue weighted by molar-refractivity contribution is -0.117. The molecule has 0 bridgehead atoms. The summed E-state index contributed by atoms with van der Waals surface area (Å²) in [5.41, 5.74) is 2.12. The van der Waals surface area contributed by atoms with Gasteiger partial charge in [-0.15, -0.1) is 0 Å². The molecule has 7 heteroatoms. The van der Waals surface area contributed by atoms with E-state index in [2.05, 4.69) is 29.0 Å². The molecular weight excluding hydrogens is 426 g/mol. The highest BCUT2D eigenvalue weighted by Gasteiger charge is 2.31. The lowest BCUT2D eigenvalue weighted by Gasteiger charge is -2.36. The minimum atomic E-state index is -0.0433. The van der Waals surface area contributed by atoms with E-state index in [0.29, 0.717) is 37.4 Å². The third kappa shape index (κ3) is 4.60. The van der Waals surface area contributed by atoms with E-state index < -0.39 is 0 Å². The standard InChI is InChI=1S/C27H31N5O2/c1-17(2)25-28-18(3)14-24(30-25)31-10-12-32(13-11-31)27(34)22-15-20-6-4-5-7-21(20)16-23(22)29-26(33)19-8-9-19/h4-7,14-17,19H,8-13H2,1-3H3,(H,29,33). The Labute approximate surface area is 200 Å². The van der Waals surface area contributed by atoms with E-state index in [4.69, 9.17) is 4.98 Å². The first-order valence-electron chi connectivity index (χ1n) is 12.1. The normalized spacial score (nSPS) is 16.2. The molecule has 1 N–H and O–H groups in total. The monoisotopic (exact) mass is 457 g/mol. The van der Waals surface area contributed by atoms with Crippen LogP contribution in [0, 0.1) is 12.8 Å². The highest BCUT2D eigenvalue weighted by atomic mass is 16.2. The van der Waals surface area contributed by atoms with E-state index in [1.54, 1.807) is 0 Å². The van der Waals surface area contributed by atoms with Crippen molar-refractivity contribution in [1.29, 1.82) is 0 Å². The lowest BCUT2D eigenvalue weighted by Crippen LogP contribution is -2.49. The number of piperazine rings is 1. The molecular formula is C27H31N5O2. The number of fused-ring (bicyclic) bond motifs is 1. The molecule has 7 nitrogen and oxygen atoms in total. The molecule has 1 saturated carbocycles. The number of benzene rings is 2. The molecule has 34 heavy (non-hydrogen) atoms. The van der Waals surface area contributed by atoms with Gasteiger partial charge < -0.3 is 15.1 Å². The zero-order valence-electron chi connectivity index (χ0n) is 20.0. The van der Waals surface area contributed by atoms with E-state index in [-0.39, 0.29) is 23.7 Å². The van der Waals surface area contributed by atoms with Crippen molar-refractivity contribution < 1.29 is 9.59 Å². The van der Waals surface area contributed by atoms with Gasteiger partial charge in [0.05, 0.1) is 11.3 Å². The topological polar surface area (TPSA) is 78.4 Å². The molecule has 2 heterocycles. The van der Waals surface area contributed by atoms with Crippen LogP contribution < -0.4 is 10.2 Å². The Morgan fingerprint density at radius 2 is 1.65 bits per heavy atom. The van der Waals surface area contributed by atoms with Crippen LogP contribution in [0.2, 0.25) is 0 Å². The van der Waals surface area contributed by atoms with Crippen molar-refractivity contribution in [3.63, 3.8) is 0 Å². The van der Waals surface area contributed by atoms with Crippen molar-refractivity contribution in [3.8, 4) is 0 Å². The van der Waals surface area contributed by atoms with Gasteiger partial charge in [0, 0.05) is 49.8 Å². The molecule has 1 aromatic heterocycles. The third-order valence-corrected chi connectivity index (χ3v) is 6.59. The van der Waals surface area contributed by atoms with Gasteiger partial charge >= 0.3 is 0 Å². The third-order valence-electron chi connectivity index (χ3n) is 6.59. The van der Waals surface area contributed by atoms with Crippen LogP contribution in [-0.4, -0.2) is 52.9 Å². The summed E-state index contributed by atoms with van der Waals surface area (Å²) in [5, 5.41) is 5.03. The van der Waals surface area contributed by atoms with Gasteiger partial charge in [-0.1, -0.05) is 38.1 Å². The molecule has 0 atom stereocenters. The maximum absolute atomic E-state index is 13.6. The van der Waals surface area contributed by atoms with Crippen LogP contribution in [0.5, 0.6) is 0 Å². The van der Waals surface area contributed by atoms with Crippen molar-refractivity contribution in [2.45, 2.75) is 39.5 Å². The van der Waals surface area contributed by atoms with Gasteiger partial charge in [0.25, 0.3) is 5.91 Å². The molecule has 5 rings (SSSR count). The summed E-state index contributed by atoms with van der Waals surface area (Å²) < 4.78 is 0. The van der Waals surface area contributed by atoms with Crippen LogP contribution in [0.4, 0.5) is 11.5 Å². The number of aryl methyl sites for hydroxylation is 1. The van der Waals surface area contributed by atoms with Gasteiger partial charge in [-0.2, -0.15) is 0 Å². The van der Waals surface area contributed by atoms with Gasteiger partial charge in [-0.05, 0) is 42.7 Å². The number of carbonyl (C=O) groups excluding carboxylic acids is 2. The summed E-state index contributed by atoms with van der Waals surface area (Å²) in [6, 6.07) is 13.8. The van der Waals surface area contributed by atoms with Crippen LogP contribution in [0.1, 0.15) is 54.5 Å². The van der Waals surface area contributed by atoms with Gasteiger partial charge in [-0.3, -0.25) is 9.59 Å². The average molecular weight is 458 g/mol. The largest absolute Gasteiger partial charge is 0.353 e. The van der Waals surface area contributed by atoms with Crippen LogP contribution in [0.3, 0.4) is 0 Å². The first-order valence-corrected chi connectivity index (χ1v) is 12.1. The predicted octanol–water partition coefficient (Wildman–Crippen LogP) is 4.37. The van der Waals surface area contributed by atoms with E-state index in [0.717, 1.165) is 41.0 Å². The maximum atomic E-state index is 13.6. The number of carbonyl (C=O) groups is 2. The Bertz CT molecular complexity index is 1240. The van der Waals surface area contributed by atoms with Crippen LogP contribution >= 0.6 is 0 Å². The van der Waals surface area contributed by atoms with Crippen LogP contribution in [-0.2, 0) is 4.79 Å². The van der Waals surface area contributed by atoms with Gasteiger partial charge in [-0.25, -0.2) is 9.97 Å². The molecule has 0 unspecified atom stereocenters. The molecule has 2 aliphatic rings. The van der Waals surface area contributed by atoms with Crippen LogP contribution in [0.15, 0.2) is 42.5 Å². The number of nitrogens with zero attached hydrogens (tertiary/aromatic N) is 4. The van der Waals surface area contributed by atoms with E-state index >= 15 is 0 Å². The molecule has 176 valence electrons. The number of rotatable bonds is 5. The molecule has 2 aromatic carbocycles. The fourth-order valence-corrected chi connectivity index (χ4v) is 4.40. The summed E-state index contributed by atoms with van der Waals surface area (Å²) in [4.78, 5) is 39.5. The molecule has 1 aliphatic heterocycles. The number of hydrogen-bond donors (Lipinski definition) is 1. The number of nitrogens with one attached hydrogen (secondary N) is 1. The van der Waals surface area contributed by atoms with Crippen molar-refractivity contribution in [2.75, 3.05) is 36.4 Å². The van der Waals surface area contributed by atoms with Gasteiger partial charge in [0.15, 0.2) is 0 Å².